The fourth-order valence-electron chi connectivity index (χ4n) is 7.44. The van der Waals surface area contributed by atoms with Crippen molar-refractivity contribution >= 4 is 45.2 Å². The van der Waals surface area contributed by atoms with Crippen LogP contribution in [0.2, 0.25) is 0 Å². The molecule has 0 spiro atoms. The van der Waals surface area contributed by atoms with E-state index in [9.17, 15) is 4.79 Å². The van der Waals surface area contributed by atoms with E-state index in [0.717, 1.165) is 39.2 Å². The number of ether oxygens (including phenoxy) is 1. The van der Waals surface area contributed by atoms with Gasteiger partial charge in [0.1, 0.15) is 6.61 Å². The van der Waals surface area contributed by atoms with Crippen molar-refractivity contribution in [3.63, 3.8) is 0 Å². The van der Waals surface area contributed by atoms with E-state index in [1.165, 1.54) is 50.1 Å². The standard InChI is InChI=1S/C48H51N3O2/c1-29(2)48(52)53-28-36(9)49-44-23-22-43(41-12-10-11-13-42(41)44)45(37-14-18-39(19-15-37)50-46-32(5)24-30(3)25-33(46)6)38-16-20-40(21-17-38)51-47-34(7)26-31(4)27-35(47)8/h10-27,36,45,49-51H,1,28H2,2-9H3. The normalized spacial score (nSPS) is 11.7. The first-order valence-corrected chi connectivity index (χ1v) is 18.4. The fourth-order valence-corrected chi connectivity index (χ4v) is 7.44. The number of rotatable bonds is 12. The van der Waals surface area contributed by atoms with E-state index in [0.29, 0.717) is 5.57 Å². The molecule has 0 heterocycles. The lowest BCUT2D eigenvalue weighted by Crippen LogP contribution is -2.24. The van der Waals surface area contributed by atoms with Crippen molar-refractivity contribution in [1.82, 2.24) is 0 Å². The van der Waals surface area contributed by atoms with Crippen molar-refractivity contribution in [3.8, 4) is 0 Å². The highest BCUT2D eigenvalue weighted by Gasteiger charge is 2.21. The second kappa shape index (κ2) is 15.8. The predicted octanol–water partition coefficient (Wildman–Crippen LogP) is 12.3. The van der Waals surface area contributed by atoms with Crippen LogP contribution in [0.15, 0.2) is 121 Å². The van der Waals surface area contributed by atoms with Gasteiger partial charge >= 0.3 is 5.97 Å². The molecule has 6 aromatic rings. The number of hydrogen-bond acceptors (Lipinski definition) is 5. The quantitative estimate of drug-likeness (QED) is 0.0673. The minimum atomic E-state index is -0.377. The zero-order valence-corrected chi connectivity index (χ0v) is 32.3. The Morgan fingerprint density at radius 2 is 1.09 bits per heavy atom. The molecule has 270 valence electrons. The van der Waals surface area contributed by atoms with Crippen LogP contribution in [0.4, 0.5) is 28.4 Å². The van der Waals surface area contributed by atoms with E-state index < -0.39 is 0 Å². The summed E-state index contributed by atoms with van der Waals surface area (Å²) in [4.78, 5) is 12.1. The van der Waals surface area contributed by atoms with Gasteiger partial charge in [0.15, 0.2) is 0 Å². The Balaban J connectivity index is 1.38. The second-order valence-corrected chi connectivity index (χ2v) is 14.6. The molecule has 53 heavy (non-hydrogen) atoms. The Labute approximate surface area is 315 Å². The van der Waals surface area contributed by atoms with Crippen LogP contribution >= 0.6 is 0 Å². The lowest BCUT2D eigenvalue weighted by atomic mass is 9.82. The largest absolute Gasteiger partial charge is 0.460 e. The van der Waals surface area contributed by atoms with Crippen LogP contribution in [0.25, 0.3) is 10.8 Å². The fraction of sp³-hybridized carbons (Fsp3) is 0.229. The third-order valence-corrected chi connectivity index (χ3v) is 9.86. The summed E-state index contributed by atoms with van der Waals surface area (Å²) in [6.07, 6.45) is 0. The number of nitrogens with one attached hydrogen (secondary N) is 3. The number of esters is 1. The Kier molecular flexibility index (Phi) is 11.0. The lowest BCUT2D eigenvalue weighted by Gasteiger charge is -2.24. The Hall–Kier alpha value is -5.81. The number of aryl methyl sites for hydroxylation is 6. The molecule has 0 fully saturated rings. The molecule has 0 aliphatic carbocycles. The summed E-state index contributed by atoms with van der Waals surface area (Å²) in [7, 11) is 0. The monoisotopic (exact) mass is 701 g/mol. The molecular weight excluding hydrogens is 651 g/mol. The lowest BCUT2D eigenvalue weighted by molar-refractivity contribution is -0.139. The Bertz CT molecular complexity index is 2140. The van der Waals surface area contributed by atoms with Gasteiger partial charge in [0.25, 0.3) is 0 Å². The van der Waals surface area contributed by atoms with Crippen LogP contribution in [0.1, 0.15) is 69.8 Å². The van der Waals surface area contributed by atoms with Gasteiger partial charge in [-0.15, -0.1) is 0 Å². The Morgan fingerprint density at radius 3 is 1.55 bits per heavy atom. The van der Waals surface area contributed by atoms with Crippen LogP contribution in [0.5, 0.6) is 0 Å². The van der Waals surface area contributed by atoms with Gasteiger partial charge in [0, 0.05) is 45.3 Å². The van der Waals surface area contributed by atoms with E-state index >= 15 is 0 Å². The number of anilines is 5. The maximum Gasteiger partial charge on any atom is 0.333 e. The molecule has 5 nitrogen and oxygen atoms in total. The van der Waals surface area contributed by atoms with Gasteiger partial charge < -0.3 is 20.7 Å². The minimum Gasteiger partial charge on any atom is -0.460 e. The van der Waals surface area contributed by atoms with Gasteiger partial charge in [-0.2, -0.15) is 0 Å². The first-order valence-electron chi connectivity index (χ1n) is 18.4. The summed E-state index contributed by atoms with van der Waals surface area (Å²) in [6.45, 7) is 20.5. The van der Waals surface area contributed by atoms with Crippen molar-refractivity contribution in [1.29, 1.82) is 0 Å². The average molecular weight is 702 g/mol. The number of hydrogen-bond donors (Lipinski definition) is 3. The van der Waals surface area contributed by atoms with E-state index in [1.54, 1.807) is 6.92 Å². The van der Waals surface area contributed by atoms with E-state index in [-0.39, 0.29) is 24.5 Å². The number of carbonyl (C=O) groups excluding carboxylic acids is 1. The summed E-state index contributed by atoms with van der Waals surface area (Å²) >= 11 is 0. The molecule has 0 saturated heterocycles. The first-order chi connectivity index (χ1) is 25.4. The molecule has 5 heteroatoms. The van der Waals surface area contributed by atoms with Gasteiger partial charge in [0.05, 0.1) is 6.04 Å². The molecule has 1 atom stereocenters. The third-order valence-electron chi connectivity index (χ3n) is 9.86. The van der Waals surface area contributed by atoms with E-state index in [2.05, 4.69) is 173 Å². The van der Waals surface area contributed by atoms with E-state index in [4.69, 9.17) is 4.74 Å². The zero-order chi connectivity index (χ0) is 37.8. The molecule has 0 radical (unpaired) electrons. The summed E-state index contributed by atoms with van der Waals surface area (Å²) in [5.41, 5.74) is 16.9. The van der Waals surface area contributed by atoms with Crippen molar-refractivity contribution in [3.05, 3.63) is 171 Å². The van der Waals surface area contributed by atoms with Crippen LogP contribution in [0, 0.1) is 41.5 Å². The molecule has 0 amide bonds. The third kappa shape index (κ3) is 8.47. The molecule has 6 aromatic carbocycles. The van der Waals surface area contributed by atoms with E-state index in [1.807, 2.05) is 6.92 Å². The topological polar surface area (TPSA) is 62.4 Å². The van der Waals surface area contributed by atoms with Crippen LogP contribution in [0.3, 0.4) is 0 Å². The molecule has 3 N–H and O–H groups in total. The molecule has 0 saturated carbocycles. The molecule has 0 aromatic heterocycles. The van der Waals surface area contributed by atoms with Gasteiger partial charge in [-0.3, -0.25) is 0 Å². The van der Waals surface area contributed by atoms with Crippen molar-refractivity contribution in [2.24, 2.45) is 0 Å². The highest BCUT2D eigenvalue weighted by Crippen LogP contribution is 2.40. The maximum absolute atomic E-state index is 12.1. The SMILES string of the molecule is C=C(C)C(=O)OCC(C)Nc1ccc(C(c2ccc(Nc3c(C)cc(C)cc3C)cc2)c2ccc(Nc3c(C)cc(C)cc3C)cc2)c2ccccc12. The van der Waals surface area contributed by atoms with Crippen LogP contribution < -0.4 is 16.0 Å². The summed E-state index contributed by atoms with van der Waals surface area (Å²) < 4.78 is 5.45. The minimum absolute atomic E-state index is 0.0308. The van der Waals surface area contributed by atoms with Crippen molar-refractivity contribution in [2.45, 2.75) is 67.3 Å². The summed E-state index contributed by atoms with van der Waals surface area (Å²) in [5, 5.41) is 13.2. The van der Waals surface area contributed by atoms with Gasteiger partial charge in [-0.1, -0.05) is 96.6 Å². The first kappa shape index (κ1) is 37.0. The summed E-state index contributed by atoms with van der Waals surface area (Å²) in [6, 6.07) is 39.4. The Morgan fingerprint density at radius 1 is 0.642 bits per heavy atom. The number of fused-ring (bicyclic) bond motifs is 1. The molecule has 0 aliphatic heterocycles. The van der Waals surface area contributed by atoms with Crippen molar-refractivity contribution in [2.75, 3.05) is 22.6 Å². The second-order valence-electron chi connectivity index (χ2n) is 14.6. The molecule has 6 rings (SSSR count). The van der Waals surface area contributed by atoms with Gasteiger partial charge in [0.2, 0.25) is 0 Å². The van der Waals surface area contributed by atoms with Gasteiger partial charge in [-0.25, -0.2) is 4.79 Å². The zero-order valence-electron chi connectivity index (χ0n) is 32.3. The maximum atomic E-state index is 12.1. The molecular formula is C48H51N3O2. The highest BCUT2D eigenvalue weighted by atomic mass is 16.5. The average Bonchev–Trinajstić information content (AvgIpc) is 3.12. The number of benzene rings is 6. The predicted molar refractivity (Wildman–Crippen MR) is 225 cm³/mol. The van der Waals surface area contributed by atoms with Crippen molar-refractivity contribution < 1.29 is 9.53 Å². The molecule has 0 bridgehead atoms. The van der Waals surface area contributed by atoms with Crippen LogP contribution in [-0.4, -0.2) is 18.6 Å². The molecule has 1 unspecified atom stereocenters. The highest BCUT2D eigenvalue weighted by molar-refractivity contribution is 5.97. The summed E-state index contributed by atoms with van der Waals surface area (Å²) in [5.74, 6) is -0.408. The number of carbonyl (C=O) groups is 1. The smallest absolute Gasteiger partial charge is 0.333 e. The van der Waals surface area contributed by atoms with Crippen LogP contribution in [-0.2, 0) is 9.53 Å². The molecule has 0 aliphatic rings. The van der Waals surface area contributed by atoms with Gasteiger partial charge in [-0.05, 0) is 130 Å².